The van der Waals surface area contributed by atoms with E-state index in [1.54, 1.807) is 12.4 Å². The topological polar surface area (TPSA) is 70.6 Å². The fourth-order valence-corrected chi connectivity index (χ4v) is 4.97. The Labute approximate surface area is 207 Å². The summed E-state index contributed by atoms with van der Waals surface area (Å²) in [6, 6.07) is 20.4. The van der Waals surface area contributed by atoms with E-state index in [0.717, 1.165) is 61.8 Å². The van der Waals surface area contributed by atoms with Crippen LogP contribution in [0.2, 0.25) is 0 Å². The molecule has 1 amide bonds. The van der Waals surface area contributed by atoms with Crippen LogP contribution in [0.25, 0.3) is 0 Å². The highest BCUT2D eigenvalue weighted by atomic mass is 16.5. The molecule has 7 heteroatoms. The van der Waals surface area contributed by atoms with Crippen LogP contribution < -0.4 is 15.0 Å². The summed E-state index contributed by atoms with van der Waals surface area (Å²) in [6.45, 7) is 4.77. The van der Waals surface area contributed by atoms with Crippen molar-refractivity contribution in [2.75, 3.05) is 37.6 Å². The van der Waals surface area contributed by atoms with Crippen molar-refractivity contribution in [1.29, 1.82) is 0 Å². The monoisotopic (exact) mass is 471 g/mol. The first-order valence-electron chi connectivity index (χ1n) is 12.5. The normalized spacial score (nSPS) is 20.4. The Morgan fingerprint density at radius 2 is 1.80 bits per heavy atom. The lowest BCUT2D eigenvalue weighted by Crippen LogP contribution is -2.42. The van der Waals surface area contributed by atoms with Gasteiger partial charge in [0, 0.05) is 63.6 Å². The highest BCUT2D eigenvalue weighted by Crippen LogP contribution is 2.31. The number of fused-ring (bicyclic) bond motifs is 1. The average molecular weight is 472 g/mol. The maximum absolute atomic E-state index is 12.8. The summed E-state index contributed by atoms with van der Waals surface area (Å²) in [5, 5.41) is 3.18. The molecule has 0 spiro atoms. The predicted molar refractivity (Wildman–Crippen MR) is 136 cm³/mol. The van der Waals surface area contributed by atoms with Gasteiger partial charge in [0.25, 0.3) is 0 Å². The molecule has 2 aliphatic rings. The van der Waals surface area contributed by atoms with Gasteiger partial charge in [-0.1, -0.05) is 48.5 Å². The summed E-state index contributed by atoms with van der Waals surface area (Å²) in [6.07, 6.45) is 6.18. The minimum absolute atomic E-state index is 0.0589. The number of anilines is 1. The lowest BCUT2D eigenvalue weighted by Gasteiger charge is -2.32. The maximum Gasteiger partial charge on any atom is 0.225 e. The fraction of sp³-hybridized carbons (Fsp3) is 0.393. The first-order chi connectivity index (χ1) is 17.2. The molecule has 0 bridgehead atoms. The standard InChI is InChI=1S/C28H33N5O2/c34-27(31-18-22-8-6-16-33(19-22)28-29-14-7-15-30-28)13-17-32-20-24-11-4-5-12-25(24)35-26(21-32)23-9-2-1-3-10-23/h1-5,7,9-12,14-15,22,26H,6,8,13,16-21H2,(H,31,34)/t22-,26+/m0/s1. The lowest BCUT2D eigenvalue weighted by atomic mass is 9.98. The summed E-state index contributed by atoms with van der Waals surface area (Å²) in [4.78, 5) is 26.1. The first kappa shape index (κ1) is 23.3. The Balaban J connectivity index is 1.14. The Hall–Kier alpha value is -3.45. The third kappa shape index (κ3) is 6.17. The van der Waals surface area contributed by atoms with Crippen molar-refractivity contribution in [1.82, 2.24) is 20.2 Å². The molecule has 0 unspecified atom stereocenters. The van der Waals surface area contributed by atoms with Crippen LogP contribution in [0.5, 0.6) is 5.75 Å². The van der Waals surface area contributed by atoms with Crippen LogP contribution >= 0.6 is 0 Å². The van der Waals surface area contributed by atoms with Crippen LogP contribution in [0.1, 0.15) is 36.5 Å². The number of carbonyl (C=O) groups is 1. The molecule has 0 saturated carbocycles. The Morgan fingerprint density at radius 3 is 2.66 bits per heavy atom. The second kappa shape index (κ2) is 11.3. The van der Waals surface area contributed by atoms with Crippen molar-refractivity contribution in [2.24, 2.45) is 5.92 Å². The molecule has 5 rings (SSSR count). The van der Waals surface area contributed by atoms with Gasteiger partial charge in [0.05, 0.1) is 0 Å². The number of hydrogen-bond donors (Lipinski definition) is 1. The second-order valence-electron chi connectivity index (χ2n) is 9.42. The first-order valence-corrected chi connectivity index (χ1v) is 12.5. The zero-order chi connectivity index (χ0) is 23.9. The van der Waals surface area contributed by atoms with Crippen LogP contribution in [0, 0.1) is 5.92 Å². The van der Waals surface area contributed by atoms with Gasteiger partial charge in [0.1, 0.15) is 11.9 Å². The number of nitrogens with one attached hydrogen (secondary N) is 1. The summed E-state index contributed by atoms with van der Waals surface area (Å²) >= 11 is 0. The van der Waals surface area contributed by atoms with Gasteiger partial charge < -0.3 is 15.0 Å². The van der Waals surface area contributed by atoms with Crippen molar-refractivity contribution < 1.29 is 9.53 Å². The minimum atomic E-state index is -0.0589. The molecule has 182 valence electrons. The largest absolute Gasteiger partial charge is 0.484 e. The van der Waals surface area contributed by atoms with E-state index in [9.17, 15) is 4.79 Å². The molecule has 2 atom stereocenters. The molecule has 0 radical (unpaired) electrons. The highest BCUT2D eigenvalue weighted by molar-refractivity contribution is 5.76. The van der Waals surface area contributed by atoms with E-state index in [1.165, 1.54) is 0 Å². The Morgan fingerprint density at radius 1 is 1.00 bits per heavy atom. The molecular weight excluding hydrogens is 438 g/mol. The van der Waals surface area contributed by atoms with Crippen LogP contribution in [-0.2, 0) is 11.3 Å². The van der Waals surface area contributed by atoms with Crippen LogP contribution in [0.3, 0.4) is 0 Å². The number of para-hydroxylation sites is 1. The van der Waals surface area contributed by atoms with Crippen molar-refractivity contribution >= 4 is 11.9 Å². The van der Waals surface area contributed by atoms with Gasteiger partial charge in [-0.05, 0) is 36.5 Å². The van der Waals surface area contributed by atoms with Gasteiger partial charge in [-0.15, -0.1) is 0 Å². The van der Waals surface area contributed by atoms with E-state index < -0.39 is 0 Å². The number of benzene rings is 2. The number of carbonyl (C=O) groups excluding carboxylic acids is 1. The summed E-state index contributed by atoms with van der Waals surface area (Å²) in [5.74, 6) is 2.22. The zero-order valence-corrected chi connectivity index (χ0v) is 20.1. The molecule has 3 aromatic rings. The van der Waals surface area contributed by atoms with Crippen LogP contribution in [0.15, 0.2) is 73.1 Å². The van der Waals surface area contributed by atoms with Crippen LogP contribution in [0.4, 0.5) is 5.95 Å². The quantitative estimate of drug-likeness (QED) is 0.565. The lowest BCUT2D eigenvalue weighted by molar-refractivity contribution is -0.121. The number of piperidine rings is 1. The van der Waals surface area contributed by atoms with E-state index in [2.05, 4.69) is 43.3 Å². The van der Waals surface area contributed by atoms with Gasteiger partial charge in [0.2, 0.25) is 11.9 Å². The molecule has 1 N–H and O–H groups in total. The number of rotatable bonds is 7. The van der Waals surface area contributed by atoms with Gasteiger partial charge in [-0.3, -0.25) is 9.69 Å². The number of aromatic nitrogens is 2. The minimum Gasteiger partial charge on any atom is -0.484 e. The molecule has 3 heterocycles. The van der Waals surface area contributed by atoms with Gasteiger partial charge in [-0.2, -0.15) is 0 Å². The Kier molecular flexibility index (Phi) is 7.53. The van der Waals surface area contributed by atoms with Crippen LogP contribution in [-0.4, -0.2) is 53.5 Å². The van der Waals surface area contributed by atoms with Gasteiger partial charge in [-0.25, -0.2) is 9.97 Å². The molecular formula is C28H33N5O2. The van der Waals surface area contributed by atoms with Crippen molar-refractivity contribution in [3.8, 4) is 5.75 Å². The summed E-state index contributed by atoms with van der Waals surface area (Å²) in [5.41, 5.74) is 2.32. The van der Waals surface area contributed by atoms with E-state index in [1.807, 2.05) is 42.5 Å². The van der Waals surface area contributed by atoms with Gasteiger partial charge >= 0.3 is 0 Å². The van der Waals surface area contributed by atoms with E-state index in [4.69, 9.17) is 4.74 Å². The number of hydrogen-bond acceptors (Lipinski definition) is 6. The highest BCUT2D eigenvalue weighted by Gasteiger charge is 2.25. The number of nitrogens with zero attached hydrogens (tertiary/aromatic N) is 4. The molecule has 1 saturated heterocycles. The average Bonchev–Trinajstić information content (AvgIpc) is 3.11. The van der Waals surface area contributed by atoms with Crippen molar-refractivity contribution in [3.05, 3.63) is 84.2 Å². The number of ether oxygens (including phenoxy) is 1. The molecule has 7 nitrogen and oxygen atoms in total. The fourth-order valence-electron chi connectivity index (χ4n) is 4.97. The summed E-state index contributed by atoms with van der Waals surface area (Å²) < 4.78 is 6.40. The SMILES string of the molecule is O=C(CCN1Cc2ccccc2O[C@@H](c2ccccc2)C1)NC[C@@H]1CCCN(c2ncccn2)C1. The molecule has 2 aliphatic heterocycles. The molecule has 1 aromatic heterocycles. The Bertz CT molecular complexity index is 1090. The molecule has 35 heavy (non-hydrogen) atoms. The third-order valence-corrected chi connectivity index (χ3v) is 6.83. The second-order valence-corrected chi connectivity index (χ2v) is 9.42. The number of amides is 1. The predicted octanol–water partition coefficient (Wildman–Crippen LogP) is 3.84. The van der Waals surface area contributed by atoms with Gasteiger partial charge in [0.15, 0.2) is 0 Å². The smallest absolute Gasteiger partial charge is 0.225 e. The van der Waals surface area contributed by atoms with E-state index >= 15 is 0 Å². The zero-order valence-electron chi connectivity index (χ0n) is 20.1. The van der Waals surface area contributed by atoms with E-state index in [-0.39, 0.29) is 12.0 Å². The third-order valence-electron chi connectivity index (χ3n) is 6.83. The summed E-state index contributed by atoms with van der Waals surface area (Å²) in [7, 11) is 0. The van der Waals surface area contributed by atoms with Crippen molar-refractivity contribution in [3.63, 3.8) is 0 Å². The molecule has 2 aromatic carbocycles. The maximum atomic E-state index is 12.8. The molecule has 1 fully saturated rings. The van der Waals surface area contributed by atoms with Crippen molar-refractivity contribution in [2.45, 2.75) is 31.9 Å². The van der Waals surface area contributed by atoms with E-state index in [0.29, 0.717) is 25.4 Å². The molecule has 0 aliphatic carbocycles.